The van der Waals surface area contributed by atoms with Crippen LogP contribution in [-0.2, 0) is 9.53 Å². The molecular formula is C15H26N2O3. The number of piperidine rings is 1. The van der Waals surface area contributed by atoms with Gasteiger partial charge in [-0.3, -0.25) is 9.69 Å². The molecule has 0 bridgehead atoms. The molecule has 1 atom stereocenters. The van der Waals surface area contributed by atoms with Gasteiger partial charge in [-0.2, -0.15) is 0 Å². The number of carboxylic acid groups (broad SMARTS) is 1. The Morgan fingerprint density at radius 3 is 2.40 bits per heavy atom. The van der Waals surface area contributed by atoms with Gasteiger partial charge < -0.3 is 14.7 Å². The van der Waals surface area contributed by atoms with E-state index in [0.29, 0.717) is 18.2 Å². The number of ether oxygens (including phenoxy) is 1. The van der Waals surface area contributed by atoms with Crippen molar-refractivity contribution in [2.75, 3.05) is 26.7 Å². The number of likely N-dealkylation sites (tertiary alicyclic amines) is 2. The number of aliphatic carboxylic acids is 1. The Kier molecular flexibility index (Phi) is 4.29. The maximum atomic E-state index is 11.3. The van der Waals surface area contributed by atoms with Gasteiger partial charge in [-0.1, -0.05) is 0 Å². The topological polar surface area (TPSA) is 53.0 Å². The number of rotatable bonds is 4. The molecule has 2 aliphatic heterocycles. The minimum atomic E-state index is -0.633. The summed E-state index contributed by atoms with van der Waals surface area (Å²) < 4.78 is 5.35. The number of carbonyl (C=O) groups is 1. The van der Waals surface area contributed by atoms with Gasteiger partial charge in [0.2, 0.25) is 0 Å². The van der Waals surface area contributed by atoms with E-state index < -0.39 is 5.97 Å². The summed E-state index contributed by atoms with van der Waals surface area (Å²) in [6.07, 6.45) is 6.91. The first-order valence-electron chi connectivity index (χ1n) is 7.94. The Morgan fingerprint density at radius 1 is 1.10 bits per heavy atom. The van der Waals surface area contributed by atoms with E-state index in [-0.39, 0.29) is 6.04 Å². The van der Waals surface area contributed by atoms with Crippen LogP contribution >= 0.6 is 0 Å². The average Bonchev–Trinajstić information content (AvgIpc) is 2.88. The molecular weight excluding hydrogens is 256 g/mol. The van der Waals surface area contributed by atoms with Gasteiger partial charge in [-0.25, -0.2) is 0 Å². The Hall–Kier alpha value is -0.650. The third-order valence-corrected chi connectivity index (χ3v) is 5.47. The van der Waals surface area contributed by atoms with Crippen LogP contribution in [0.25, 0.3) is 0 Å². The molecule has 5 nitrogen and oxygen atoms in total. The molecule has 0 amide bonds. The summed E-state index contributed by atoms with van der Waals surface area (Å²) in [7, 11) is 1.80. The molecule has 1 saturated carbocycles. The average molecular weight is 282 g/mol. The zero-order valence-corrected chi connectivity index (χ0v) is 12.3. The maximum absolute atomic E-state index is 11.3. The van der Waals surface area contributed by atoms with Gasteiger partial charge in [0.05, 0.1) is 6.10 Å². The molecule has 1 aliphatic carbocycles. The third-order valence-electron chi connectivity index (χ3n) is 5.47. The Morgan fingerprint density at radius 2 is 1.80 bits per heavy atom. The molecule has 0 radical (unpaired) electrons. The van der Waals surface area contributed by atoms with Crippen molar-refractivity contribution in [1.82, 2.24) is 9.80 Å². The maximum Gasteiger partial charge on any atom is 0.320 e. The van der Waals surface area contributed by atoms with Gasteiger partial charge in [-0.15, -0.1) is 0 Å². The first kappa shape index (κ1) is 14.3. The fourth-order valence-electron chi connectivity index (χ4n) is 4.10. The SMILES string of the molecule is COC1CC(N2CCC(N3CCCC3C(=O)O)CC2)C1. The molecule has 20 heavy (non-hydrogen) atoms. The first-order valence-corrected chi connectivity index (χ1v) is 7.94. The lowest BCUT2D eigenvalue weighted by Gasteiger charge is -2.46. The van der Waals surface area contributed by atoms with Crippen LogP contribution < -0.4 is 0 Å². The summed E-state index contributed by atoms with van der Waals surface area (Å²) in [5, 5.41) is 9.29. The zero-order valence-electron chi connectivity index (χ0n) is 12.3. The fourth-order valence-corrected chi connectivity index (χ4v) is 4.10. The molecule has 2 heterocycles. The molecule has 0 aromatic heterocycles. The summed E-state index contributed by atoms with van der Waals surface area (Å²) in [6.45, 7) is 3.21. The molecule has 1 unspecified atom stereocenters. The summed E-state index contributed by atoms with van der Waals surface area (Å²) >= 11 is 0. The van der Waals surface area contributed by atoms with E-state index in [1.165, 1.54) is 12.8 Å². The highest BCUT2D eigenvalue weighted by atomic mass is 16.5. The van der Waals surface area contributed by atoms with Gasteiger partial charge in [0.25, 0.3) is 0 Å². The van der Waals surface area contributed by atoms with Crippen LogP contribution in [0, 0.1) is 0 Å². The lowest BCUT2D eigenvalue weighted by Crippen LogP contribution is -2.54. The van der Waals surface area contributed by atoms with E-state index in [4.69, 9.17) is 4.74 Å². The van der Waals surface area contributed by atoms with Crippen molar-refractivity contribution >= 4 is 5.97 Å². The molecule has 3 aliphatic rings. The van der Waals surface area contributed by atoms with Crippen molar-refractivity contribution in [1.29, 1.82) is 0 Å². The monoisotopic (exact) mass is 282 g/mol. The predicted octanol–water partition coefficient (Wildman–Crippen LogP) is 1.18. The minimum absolute atomic E-state index is 0.229. The highest BCUT2D eigenvalue weighted by Crippen LogP contribution is 2.32. The van der Waals surface area contributed by atoms with E-state index in [1.807, 2.05) is 0 Å². The molecule has 2 saturated heterocycles. The Labute approximate surface area is 120 Å². The zero-order chi connectivity index (χ0) is 14.1. The van der Waals surface area contributed by atoms with Gasteiger partial charge in [0.1, 0.15) is 6.04 Å². The lowest BCUT2D eigenvalue weighted by atomic mass is 9.86. The van der Waals surface area contributed by atoms with Crippen LogP contribution in [0.3, 0.4) is 0 Å². The third kappa shape index (κ3) is 2.71. The molecule has 0 aromatic carbocycles. The largest absolute Gasteiger partial charge is 0.480 e. The van der Waals surface area contributed by atoms with Crippen molar-refractivity contribution in [3.05, 3.63) is 0 Å². The van der Waals surface area contributed by atoms with E-state index >= 15 is 0 Å². The van der Waals surface area contributed by atoms with Gasteiger partial charge in [0, 0.05) is 19.2 Å². The number of hydrogen-bond donors (Lipinski definition) is 1. The quantitative estimate of drug-likeness (QED) is 0.839. The highest BCUT2D eigenvalue weighted by molar-refractivity contribution is 5.73. The van der Waals surface area contributed by atoms with Gasteiger partial charge in [-0.05, 0) is 58.2 Å². The number of hydrogen-bond acceptors (Lipinski definition) is 4. The van der Waals surface area contributed by atoms with Gasteiger partial charge >= 0.3 is 5.97 Å². The molecule has 0 spiro atoms. The second-order valence-corrected chi connectivity index (χ2v) is 6.48. The van der Waals surface area contributed by atoms with Crippen LogP contribution in [0.2, 0.25) is 0 Å². The van der Waals surface area contributed by atoms with Crippen molar-refractivity contribution < 1.29 is 14.6 Å². The summed E-state index contributed by atoms with van der Waals surface area (Å²) in [4.78, 5) is 16.1. The molecule has 114 valence electrons. The van der Waals surface area contributed by atoms with Crippen molar-refractivity contribution in [3.8, 4) is 0 Å². The van der Waals surface area contributed by atoms with Gasteiger partial charge in [0.15, 0.2) is 0 Å². The highest BCUT2D eigenvalue weighted by Gasteiger charge is 2.39. The predicted molar refractivity (Wildman–Crippen MR) is 75.8 cm³/mol. The normalized spacial score (nSPS) is 37.0. The van der Waals surface area contributed by atoms with Crippen LogP contribution in [0.4, 0.5) is 0 Å². The Balaban J connectivity index is 1.48. The van der Waals surface area contributed by atoms with Crippen molar-refractivity contribution in [3.63, 3.8) is 0 Å². The summed E-state index contributed by atoms with van der Waals surface area (Å²) in [5.41, 5.74) is 0. The van der Waals surface area contributed by atoms with Crippen molar-refractivity contribution in [2.45, 2.75) is 62.8 Å². The summed E-state index contributed by atoms with van der Waals surface area (Å²) in [5.74, 6) is -0.633. The molecule has 3 rings (SSSR count). The second kappa shape index (κ2) is 6.00. The van der Waals surface area contributed by atoms with Crippen LogP contribution in [0.5, 0.6) is 0 Å². The molecule has 0 aromatic rings. The molecule has 3 fully saturated rings. The Bertz CT molecular complexity index is 349. The van der Waals surface area contributed by atoms with Crippen LogP contribution in [0.1, 0.15) is 38.5 Å². The van der Waals surface area contributed by atoms with E-state index in [1.54, 1.807) is 7.11 Å². The van der Waals surface area contributed by atoms with E-state index in [9.17, 15) is 9.90 Å². The van der Waals surface area contributed by atoms with E-state index in [0.717, 1.165) is 45.3 Å². The van der Waals surface area contributed by atoms with Crippen LogP contribution in [0.15, 0.2) is 0 Å². The fraction of sp³-hybridized carbons (Fsp3) is 0.933. The minimum Gasteiger partial charge on any atom is -0.480 e. The smallest absolute Gasteiger partial charge is 0.320 e. The summed E-state index contributed by atoms with van der Waals surface area (Å²) in [6, 6.07) is 0.955. The molecule has 1 N–H and O–H groups in total. The standard InChI is InChI=1S/C15H26N2O3/c1-20-13-9-12(10-13)16-7-4-11(5-8-16)17-6-2-3-14(17)15(18)19/h11-14H,2-10H2,1H3,(H,18,19). The van der Waals surface area contributed by atoms with Crippen LogP contribution in [-0.4, -0.2) is 71.8 Å². The molecule has 5 heteroatoms. The number of nitrogens with zero attached hydrogens (tertiary/aromatic N) is 2. The van der Waals surface area contributed by atoms with E-state index in [2.05, 4.69) is 9.80 Å². The second-order valence-electron chi connectivity index (χ2n) is 6.48. The lowest BCUT2D eigenvalue weighted by molar-refractivity contribution is -0.143. The first-order chi connectivity index (χ1) is 9.69. The number of carboxylic acids is 1. The van der Waals surface area contributed by atoms with Crippen molar-refractivity contribution in [2.24, 2.45) is 0 Å². The number of methoxy groups -OCH3 is 1.